The topological polar surface area (TPSA) is 72.2 Å². The molecule has 0 aromatic heterocycles. The Balaban J connectivity index is 3.10. The lowest BCUT2D eigenvalue weighted by molar-refractivity contribution is -0.384. The third-order valence-corrected chi connectivity index (χ3v) is 1.66. The highest BCUT2D eigenvalue weighted by molar-refractivity contribution is 6.32. The van der Waals surface area contributed by atoms with Gasteiger partial charge in [0.1, 0.15) is 5.02 Å². The summed E-state index contributed by atoms with van der Waals surface area (Å²) in [4.78, 5) is 19.6. The highest BCUT2D eigenvalue weighted by Gasteiger charge is 2.12. The quantitative estimate of drug-likeness (QED) is 0.458. The molecule has 0 aliphatic rings. The molecule has 1 aromatic carbocycles. The van der Waals surface area contributed by atoms with Gasteiger partial charge in [-0.05, 0) is 12.1 Å². The van der Waals surface area contributed by atoms with Gasteiger partial charge in [0, 0.05) is 11.8 Å². The monoisotopic (exact) mass is 199 g/mol. The third kappa shape index (κ3) is 2.16. The fourth-order valence-corrected chi connectivity index (χ4v) is 0.976. The Labute approximate surface area is 78.5 Å². The smallest absolute Gasteiger partial charge is 0.314 e. The van der Waals surface area contributed by atoms with Crippen LogP contribution in [0.2, 0.25) is 5.02 Å². The molecule has 0 saturated heterocycles. The SMILES string of the molecule is O=[C]Nc1ccc(Cl)c([N+](=O)[O-])c1. The molecule has 67 valence electrons. The molecule has 0 aliphatic heterocycles. The number of carbonyl (C=O) groups excluding carboxylic acids is 1. The summed E-state index contributed by atoms with van der Waals surface area (Å²) in [6.45, 7) is 0. The zero-order valence-electron chi connectivity index (χ0n) is 6.28. The standard InChI is InChI=1S/C7H4ClN2O3/c8-6-2-1-5(9-4-11)3-7(6)10(12)13/h1-3H,(H,9,11). The van der Waals surface area contributed by atoms with Crippen LogP contribution in [0, 0.1) is 10.1 Å². The molecule has 0 atom stereocenters. The van der Waals surface area contributed by atoms with E-state index in [0.717, 1.165) is 6.07 Å². The summed E-state index contributed by atoms with van der Waals surface area (Å²) >= 11 is 5.52. The van der Waals surface area contributed by atoms with Gasteiger partial charge < -0.3 is 5.32 Å². The summed E-state index contributed by atoms with van der Waals surface area (Å²) in [6.07, 6.45) is 1.40. The first kappa shape index (κ1) is 9.47. The van der Waals surface area contributed by atoms with Gasteiger partial charge in [-0.15, -0.1) is 0 Å². The lowest BCUT2D eigenvalue weighted by Crippen LogP contribution is -1.95. The minimum Gasteiger partial charge on any atom is -0.318 e. The Hall–Kier alpha value is -1.62. The summed E-state index contributed by atoms with van der Waals surface area (Å²) in [5.41, 5.74) is 0.0352. The molecule has 13 heavy (non-hydrogen) atoms. The Morgan fingerprint density at radius 1 is 1.54 bits per heavy atom. The minimum atomic E-state index is -0.627. The van der Waals surface area contributed by atoms with E-state index in [-0.39, 0.29) is 16.4 Å². The molecule has 0 bridgehead atoms. The number of anilines is 1. The van der Waals surface area contributed by atoms with Gasteiger partial charge in [0.25, 0.3) is 5.69 Å². The summed E-state index contributed by atoms with van der Waals surface area (Å²) in [5.74, 6) is 0. The van der Waals surface area contributed by atoms with Gasteiger partial charge in [-0.2, -0.15) is 0 Å². The van der Waals surface area contributed by atoms with Crippen molar-refractivity contribution < 1.29 is 9.72 Å². The van der Waals surface area contributed by atoms with E-state index in [4.69, 9.17) is 11.6 Å². The molecule has 0 fully saturated rings. The van der Waals surface area contributed by atoms with Gasteiger partial charge in [-0.1, -0.05) is 11.6 Å². The van der Waals surface area contributed by atoms with Crippen LogP contribution in [0.15, 0.2) is 18.2 Å². The van der Waals surface area contributed by atoms with Gasteiger partial charge in [-0.3, -0.25) is 14.9 Å². The number of hydrogen-bond donors (Lipinski definition) is 1. The summed E-state index contributed by atoms with van der Waals surface area (Å²) < 4.78 is 0. The molecule has 0 saturated carbocycles. The van der Waals surface area contributed by atoms with Crippen molar-refractivity contribution in [1.82, 2.24) is 0 Å². The Bertz CT molecular complexity index is 354. The Morgan fingerprint density at radius 3 is 2.77 bits per heavy atom. The van der Waals surface area contributed by atoms with Crippen LogP contribution < -0.4 is 5.32 Å². The van der Waals surface area contributed by atoms with Crippen molar-refractivity contribution in [3.63, 3.8) is 0 Å². The highest BCUT2D eigenvalue weighted by atomic mass is 35.5. The van der Waals surface area contributed by atoms with E-state index in [9.17, 15) is 14.9 Å². The van der Waals surface area contributed by atoms with Crippen LogP contribution in [0.3, 0.4) is 0 Å². The van der Waals surface area contributed by atoms with Crippen molar-refractivity contribution in [2.45, 2.75) is 0 Å². The van der Waals surface area contributed by atoms with Crippen LogP contribution in [0.4, 0.5) is 11.4 Å². The van der Waals surface area contributed by atoms with E-state index in [2.05, 4.69) is 5.32 Å². The number of nitro groups is 1. The highest BCUT2D eigenvalue weighted by Crippen LogP contribution is 2.26. The van der Waals surface area contributed by atoms with E-state index < -0.39 is 4.92 Å². The lowest BCUT2D eigenvalue weighted by atomic mass is 10.3. The summed E-state index contributed by atoms with van der Waals surface area (Å²) in [6, 6.07) is 3.94. The zero-order chi connectivity index (χ0) is 9.84. The second-order valence-corrected chi connectivity index (χ2v) is 2.56. The van der Waals surface area contributed by atoms with Crippen LogP contribution in [-0.4, -0.2) is 11.3 Å². The van der Waals surface area contributed by atoms with E-state index in [1.54, 1.807) is 0 Å². The third-order valence-electron chi connectivity index (χ3n) is 1.34. The second-order valence-electron chi connectivity index (χ2n) is 2.15. The maximum absolute atomic E-state index is 10.4. The predicted molar refractivity (Wildman–Crippen MR) is 47.4 cm³/mol. The molecule has 1 N–H and O–H groups in total. The van der Waals surface area contributed by atoms with Gasteiger partial charge >= 0.3 is 6.41 Å². The van der Waals surface area contributed by atoms with Crippen LogP contribution in [0.1, 0.15) is 0 Å². The number of rotatable bonds is 3. The van der Waals surface area contributed by atoms with Crippen molar-refractivity contribution in [3.05, 3.63) is 33.3 Å². The van der Waals surface area contributed by atoms with Gasteiger partial charge in [0.15, 0.2) is 0 Å². The predicted octanol–water partition coefficient (Wildman–Crippen LogP) is 1.73. The largest absolute Gasteiger partial charge is 0.318 e. The van der Waals surface area contributed by atoms with Crippen LogP contribution in [0.5, 0.6) is 0 Å². The summed E-state index contributed by atoms with van der Waals surface area (Å²) in [5, 5.41) is 12.6. The summed E-state index contributed by atoms with van der Waals surface area (Å²) in [7, 11) is 0. The van der Waals surface area contributed by atoms with Crippen molar-refractivity contribution in [2.75, 3.05) is 5.32 Å². The zero-order valence-corrected chi connectivity index (χ0v) is 7.04. The number of nitrogens with one attached hydrogen (secondary N) is 1. The minimum absolute atomic E-state index is 0.0291. The Morgan fingerprint density at radius 2 is 2.23 bits per heavy atom. The molecule has 1 radical (unpaired) electrons. The van der Waals surface area contributed by atoms with E-state index in [1.807, 2.05) is 0 Å². The number of nitro benzene ring substituents is 1. The molecule has 5 nitrogen and oxygen atoms in total. The van der Waals surface area contributed by atoms with Gasteiger partial charge in [0.05, 0.1) is 4.92 Å². The van der Waals surface area contributed by atoms with Crippen LogP contribution >= 0.6 is 11.6 Å². The van der Waals surface area contributed by atoms with Crippen molar-refractivity contribution >= 4 is 29.4 Å². The maximum Gasteiger partial charge on any atom is 0.314 e. The lowest BCUT2D eigenvalue weighted by Gasteiger charge is -1.98. The molecule has 0 spiro atoms. The average Bonchev–Trinajstić information content (AvgIpc) is 2.08. The second kappa shape index (κ2) is 3.86. The molecular formula is C7H4ClN2O3. The van der Waals surface area contributed by atoms with Gasteiger partial charge in [-0.25, -0.2) is 0 Å². The fraction of sp³-hybridized carbons (Fsp3) is 0. The molecule has 0 unspecified atom stereocenters. The molecule has 1 aromatic rings. The normalized spacial score (nSPS) is 9.31. The first-order chi connectivity index (χ1) is 6.15. The van der Waals surface area contributed by atoms with Crippen LogP contribution in [0.25, 0.3) is 0 Å². The molecule has 0 heterocycles. The van der Waals surface area contributed by atoms with Crippen molar-refractivity contribution in [3.8, 4) is 0 Å². The van der Waals surface area contributed by atoms with Crippen molar-refractivity contribution in [2.24, 2.45) is 0 Å². The molecular weight excluding hydrogens is 196 g/mol. The molecule has 1 rings (SSSR count). The maximum atomic E-state index is 10.4. The van der Waals surface area contributed by atoms with E-state index in [1.165, 1.54) is 18.5 Å². The van der Waals surface area contributed by atoms with E-state index >= 15 is 0 Å². The van der Waals surface area contributed by atoms with Crippen LogP contribution in [-0.2, 0) is 4.79 Å². The molecule has 1 amide bonds. The number of nitrogens with zero attached hydrogens (tertiary/aromatic N) is 1. The van der Waals surface area contributed by atoms with Gasteiger partial charge in [0.2, 0.25) is 0 Å². The number of amides is 1. The first-order valence-electron chi connectivity index (χ1n) is 3.22. The Kier molecular flexibility index (Phi) is 2.81. The van der Waals surface area contributed by atoms with E-state index in [0.29, 0.717) is 0 Å². The molecule has 6 heteroatoms. The molecule has 0 aliphatic carbocycles. The van der Waals surface area contributed by atoms with Crippen molar-refractivity contribution in [1.29, 1.82) is 0 Å². The average molecular weight is 200 g/mol. The number of halogens is 1. The number of benzene rings is 1. The fourth-order valence-electron chi connectivity index (χ4n) is 0.789. The number of hydrogen-bond acceptors (Lipinski definition) is 3. The first-order valence-corrected chi connectivity index (χ1v) is 3.60.